The van der Waals surface area contributed by atoms with Gasteiger partial charge in [0, 0.05) is 11.1 Å². The number of carboxylic acids is 1. The normalized spacial score (nSPS) is 10.3. The number of nitrogens with zero attached hydrogens (tertiary/aromatic N) is 2. The number of hydrogen-bond donors (Lipinski definition) is 1. The van der Waals surface area contributed by atoms with Crippen molar-refractivity contribution in [2.24, 2.45) is 0 Å². The lowest BCUT2D eigenvalue weighted by Crippen LogP contribution is -2.07. The highest BCUT2D eigenvalue weighted by Gasteiger charge is 2.15. The van der Waals surface area contributed by atoms with E-state index in [1.54, 1.807) is 11.8 Å². The van der Waals surface area contributed by atoms with Gasteiger partial charge in [0.2, 0.25) is 5.88 Å². The first-order valence-corrected chi connectivity index (χ1v) is 6.08. The predicted molar refractivity (Wildman–Crippen MR) is 72.2 cm³/mol. The summed E-state index contributed by atoms with van der Waals surface area (Å²) in [6.07, 6.45) is 1.40. The van der Waals surface area contributed by atoms with Gasteiger partial charge in [-0.15, -0.1) is 0 Å². The first-order chi connectivity index (χ1) is 9.65. The minimum atomic E-state index is -0.917. The van der Waals surface area contributed by atoms with Crippen molar-refractivity contribution in [2.75, 3.05) is 14.2 Å². The number of rotatable bonds is 6. The van der Waals surface area contributed by atoms with Crippen LogP contribution in [0.4, 0.5) is 0 Å². The van der Waals surface area contributed by atoms with E-state index in [1.165, 1.54) is 13.3 Å². The fourth-order valence-corrected chi connectivity index (χ4v) is 2.04. The van der Waals surface area contributed by atoms with Gasteiger partial charge in [0.25, 0.3) is 0 Å². The van der Waals surface area contributed by atoms with Crippen molar-refractivity contribution in [3.05, 3.63) is 41.6 Å². The average Bonchev–Trinajstić information content (AvgIpc) is 2.80. The van der Waals surface area contributed by atoms with E-state index in [1.807, 2.05) is 24.3 Å². The number of hydrogen-bond acceptors (Lipinski definition) is 4. The van der Waals surface area contributed by atoms with Gasteiger partial charge in [0.15, 0.2) is 0 Å². The third-order valence-corrected chi connectivity index (χ3v) is 2.91. The van der Waals surface area contributed by atoms with Crippen LogP contribution in [0.25, 0.3) is 0 Å². The minimum Gasteiger partial charge on any atom is -0.496 e. The van der Waals surface area contributed by atoms with Crippen LogP contribution in [-0.2, 0) is 17.8 Å². The third-order valence-electron chi connectivity index (χ3n) is 2.91. The molecule has 2 aromatic rings. The Hall–Kier alpha value is -2.50. The fourth-order valence-electron chi connectivity index (χ4n) is 2.04. The summed E-state index contributed by atoms with van der Waals surface area (Å²) < 4.78 is 12.2. The molecule has 2 rings (SSSR count). The molecule has 0 bridgehead atoms. The number of ether oxygens (including phenoxy) is 2. The maximum absolute atomic E-state index is 10.8. The maximum Gasteiger partial charge on any atom is 0.308 e. The van der Waals surface area contributed by atoms with Crippen molar-refractivity contribution >= 4 is 5.97 Å². The predicted octanol–water partition coefficient (Wildman–Crippen LogP) is 1.58. The van der Waals surface area contributed by atoms with Crippen LogP contribution in [0, 0.1) is 0 Å². The lowest BCUT2D eigenvalue weighted by molar-refractivity contribution is -0.136. The zero-order valence-corrected chi connectivity index (χ0v) is 11.4. The second-order valence-electron chi connectivity index (χ2n) is 4.22. The maximum atomic E-state index is 10.8. The number of aromatic nitrogens is 2. The molecule has 0 saturated heterocycles. The van der Waals surface area contributed by atoms with Gasteiger partial charge < -0.3 is 14.6 Å². The Morgan fingerprint density at radius 3 is 2.65 bits per heavy atom. The van der Waals surface area contributed by atoms with Gasteiger partial charge in [0.05, 0.1) is 33.4 Å². The highest BCUT2D eigenvalue weighted by atomic mass is 16.5. The molecule has 20 heavy (non-hydrogen) atoms. The van der Waals surface area contributed by atoms with Gasteiger partial charge in [-0.3, -0.25) is 4.79 Å². The Kier molecular flexibility index (Phi) is 4.24. The van der Waals surface area contributed by atoms with Gasteiger partial charge in [0.1, 0.15) is 5.75 Å². The number of carbonyl (C=O) groups is 1. The van der Waals surface area contributed by atoms with Crippen LogP contribution in [0.1, 0.15) is 11.1 Å². The third kappa shape index (κ3) is 2.90. The summed E-state index contributed by atoms with van der Waals surface area (Å²) in [6, 6.07) is 7.59. The molecule has 0 atom stereocenters. The van der Waals surface area contributed by atoms with Crippen molar-refractivity contribution in [1.82, 2.24) is 9.78 Å². The zero-order chi connectivity index (χ0) is 14.5. The van der Waals surface area contributed by atoms with Gasteiger partial charge >= 0.3 is 5.97 Å². The smallest absolute Gasteiger partial charge is 0.308 e. The molecule has 0 amide bonds. The number of benzene rings is 1. The molecule has 0 radical (unpaired) electrons. The summed E-state index contributed by atoms with van der Waals surface area (Å²) in [7, 11) is 3.11. The summed E-state index contributed by atoms with van der Waals surface area (Å²) >= 11 is 0. The van der Waals surface area contributed by atoms with Gasteiger partial charge in [-0.25, -0.2) is 4.68 Å². The summed E-state index contributed by atoms with van der Waals surface area (Å²) in [6.45, 7) is 0.451. The molecular formula is C14H16N2O4. The van der Waals surface area contributed by atoms with Crippen LogP contribution in [-0.4, -0.2) is 35.1 Å². The Morgan fingerprint density at radius 1 is 1.25 bits per heavy atom. The van der Waals surface area contributed by atoms with Crippen molar-refractivity contribution in [1.29, 1.82) is 0 Å². The lowest BCUT2D eigenvalue weighted by Gasteiger charge is -2.10. The Balaban J connectivity index is 2.29. The molecule has 0 fully saturated rings. The summed E-state index contributed by atoms with van der Waals surface area (Å²) in [5.74, 6) is 0.295. The molecule has 1 aromatic carbocycles. The topological polar surface area (TPSA) is 73.6 Å². The quantitative estimate of drug-likeness (QED) is 0.867. The van der Waals surface area contributed by atoms with Crippen LogP contribution in [0.15, 0.2) is 30.5 Å². The van der Waals surface area contributed by atoms with Crippen molar-refractivity contribution in [2.45, 2.75) is 13.0 Å². The van der Waals surface area contributed by atoms with Crippen LogP contribution < -0.4 is 9.47 Å². The second kappa shape index (κ2) is 6.10. The molecule has 0 aliphatic rings. The summed E-state index contributed by atoms with van der Waals surface area (Å²) in [5.41, 5.74) is 1.49. The van der Waals surface area contributed by atoms with Crippen molar-refractivity contribution in [3.8, 4) is 11.6 Å². The van der Waals surface area contributed by atoms with Crippen molar-refractivity contribution in [3.63, 3.8) is 0 Å². The average molecular weight is 276 g/mol. The SMILES string of the molecule is COc1ccccc1Cn1ncc(CC(=O)O)c1OC. The van der Waals surface area contributed by atoms with Crippen LogP contribution in [0.5, 0.6) is 11.6 Å². The van der Waals surface area contributed by atoms with E-state index in [0.717, 1.165) is 11.3 Å². The molecule has 0 unspecified atom stereocenters. The zero-order valence-electron chi connectivity index (χ0n) is 11.4. The molecule has 0 saturated carbocycles. The molecular weight excluding hydrogens is 260 g/mol. The standard InChI is InChI=1S/C14H16N2O4/c1-19-12-6-4-3-5-10(12)9-16-14(20-2)11(8-15-16)7-13(17)18/h3-6,8H,7,9H2,1-2H3,(H,17,18). The Morgan fingerprint density at radius 2 is 2.00 bits per heavy atom. The van der Waals surface area contributed by atoms with Crippen molar-refractivity contribution < 1.29 is 19.4 Å². The van der Waals surface area contributed by atoms with Crippen LogP contribution in [0.2, 0.25) is 0 Å². The highest BCUT2D eigenvalue weighted by Crippen LogP contribution is 2.23. The van der Waals surface area contributed by atoms with Gasteiger partial charge in [-0.2, -0.15) is 5.10 Å². The van der Waals surface area contributed by atoms with E-state index in [4.69, 9.17) is 14.6 Å². The molecule has 106 valence electrons. The lowest BCUT2D eigenvalue weighted by atomic mass is 10.2. The molecule has 0 aliphatic carbocycles. The second-order valence-corrected chi connectivity index (χ2v) is 4.22. The first kappa shape index (κ1) is 13.9. The fraction of sp³-hybridized carbons (Fsp3) is 0.286. The molecule has 6 heteroatoms. The summed E-state index contributed by atoms with van der Waals surface area (Å²) in [4.78, 5) is 10.8. The van der Waals surface area contributed by atoms with E-state index in [-0.39, 0.29) is 6.42 Å². The molecule has 0 spiro atoms. The van der Waals surface area contributed by atoms with E-state index >= 15 is 0 Å². The molecule has 6 nitrogen and oxygen atoms in total. The molecule has 1 heterocycles. The van der Waals surface area contributed by atoms with Gasteiger partial charge in [-0.1, -0.05) is 18.2 Å². The Bertz CT molecular complexity index is 607. The number of aliphatic carboxylic acids is 1. The largest absolute Gasteiger partial charge is 0.496 e. The van der Waals surface area contributed by atoms with E-state index in [0.29, 0.717) is 18.0 Å². The number of para-hydroxylation sites is 1. The highest BCUT2D eigenvalue weighted by molar-refractivity contribution is 5.70. The van der Waals surface area contributed by atoms with Gasteiger partial charge in [-0.05, 0) is 6.07 Å². The molecule has 1 N–H and O–H groups in total. The van der Waals surface area contributed by atoms with Crippen LogP contribution in [0.3, 0.4) is 0 Å². The molecule has 0 aliphatic heterocycles. The first-order valence-electron chi connectivity index (χ1n) is 6.08. The minimum absolute atomic E-state index is 0.116. The van der Waals surface area contributed by atoms with E-state index < -0.39 is 5.97 Å². The van der Waals surface area contributed by atoms with E-state index in [2.05, 4.69) is 5.10 Å². The summed E-state index contributed by atoms with van der Waals surface area (Å²) in [5, 5.41) is 13.0. The van der Waals surface area contributed by atoms with Crippen LogP contribution >= 0.6 is 0 Å². The number of methoxy groups -OCH3 is 2. The monoisotopic (exact) mass is 276 g/mol. The Labute approximate surface area is 116 Å². The number of carboxylic acid groups (broad SMARTS) is 1. The molecule has 1 aromatic heterocycles. The van der Waals surface area contributed by atoms with E-state index in [9.17, 15) is 4.79 Å².